The molecule has 0 aliphatic rings. The predicted octanol–water partition coefficient (Wildman–Crippen LogP) is 7.80. The van der Waals surface area contributed by atoms with Gasteiger partial charge in [-0.3, -0.25) is 10.0 Å². The van der Waals surface area contributed by atoms with Crippen LogP contribution in [0.3, 0.4) is 0 Å². The van der Waals surface area contributed by atoms with Gasteiger partial charge in [-0.2, -0.15) is 4.47 Å². The summed E-state index contributed by atoms with van der Waals surface area (Å²) in [4.78, 5) is 21.7. The summed E-state index contributed by atoms with van der Waals surface area (Å²) in [7, 11) is 0. The zero-order valence-electron chi connectivity index (χ0n) is 26.7. The average molecular weight is 632 g/mol. The van der Waals surface area contributed by atoms with E-state index >= 15 is 0 Å². The van der Waals surface area contributed by atoms with Gasteiger partial charge in [-0.25, -0.2) is 9.97 Å². The van der Waals surface area contributed by atoms with Crippen LogP contribution in [0.1, 0.15) is 68.1 Å². The number of anilines is 1. The summed E-state index contributed by atoms with van der Waals surface area (Å²) >= 11 is 1.16. The van der Waals surface area contributed by atoms with Crippen LogP contribution in [0.2, 0.25) is 0 Å². The van der Waals surface area contributed by atoms with Crippen LogP contribution in [-0.2, 0) is 35.5 Å². The molecule has 0 saturated heterocycles. The van der Waals surface area contributed by atoms with Crippen LogP contribution < -0.4 is 4.47 Å². The zero-order valence-corrected chi connectivity index (χ0v) is 27.5. The molecule has 3 aromatic heterocycles. The van der Waals surface area contributed by atoms with Crippen LogP contribution in [0.5, 0.6) is 0 Å². The molecule has 5 aromatic rings. The number of nitrogens with zero attached hydrogens (tertiary/aromatic N) is 5. The van der Waals surface area contributed by atoms with Crippen LogP contribution in [0.15, 0.2) is 64.0 Å². The lowest BCUT2D eigenvalue weighted by atomic mass is 9.97. The quantitative estimate of drug-likeness (QED) is 0.0982. The largest absolute Gasteiger partial charge is 0.481 e. The van der Waals surface area contributed by atoms with Crippen molar-refractivity contribution in [2.24, 2.45) is 0 Å². The normalized spacial score (nSPS) is 11.0. The maximum Gasteiger partial charge on any atom is 0.309 e. The number of rotatable bonds is 13. The molecule has 0 saturated carbocycles. The summed E-state index contributed by atoms with van der Waals surface area (Å²) < 4.78 is 14.3. The van der Waals surface area contributed by atoms with Crippen molar-refractivity contribution in [3.8, 4) is 11.1 Å². The van der Waals surface area contributed by atoms with E-state index < -0.39 is 5.97 Å². The number of carbonyl (C=O) groups is 1. The maximum atomic E-state index is 11.3. The van der Waals surface area contributed by atoms with Crippen molar-refractivity contribution < 1.29 is 24.4 Å². The fraction of sp³-hybridized carbons (Fsp3) is 0.353. The molecule has 0 unspecified atom stereocenters. The van der Waals surface area contributed by atoms with Crippen LogP contribution >= 0.6 is 11.9 Å². The van der Waals surface area contributed by atoms with E-state index in [1.807, 2.05) is 65.0 Å². The molecule has 0 amide bonds. The van der Waals surface area contributed by atoms with Crippen LogP contribution in [0, 0.1) is 13.8 Å². The number of fused-ring (bicyclic) bond motifs is 1. The van der Waals surface area contributed by atoms with Gasteiger partial charge in [0.2, 0.25) is 5.82 Å². The van der Waals surface area contributed by atoms with Gasteiger partial charge >= 0.3 is 5.97 Å². The zero-order chi connectivity index (χ0) is 32.5. The summed E-state index contributed by atoms with van der Waals surface area (Å²) in [6.45, 7) is 13.2. The molecule has 0 fully saturated rings. The lowest BCUT2D eigenvalue weighted by Crippen LogP contribution is -2.10. The van der Waals surface area contributed by atoms with Gasteiger partial charge in [-0.1, -0.05) is 62.3 Å². The Morgan fingerprint density at radius 2 is 1.82 bits per heavy atom. The number of pyridine rings is 1. The van der Waals surface area contributed by atoms with Crippen LogP contribution in [0.25, 0.3) is 22.3 Å². The Morgan fingerprint density at radius 1 is 1.04 bits per heavy atom. The van der Waals surface area contributed by atoms with Crippen molar-refractivity contribution in [2.75, 3.05) is 11.1 Å². The highest BCUT2D eigenvalue weighted by Gasteiger charge is 2.20. The van der Waals surface area contributed by atoms with Gasteiger partial charge < -0.3 is 18.9 Å². The number of ether oxygens (including phenoxy) is 1. The molecule has 238 valence electrons. The number of hydrogen-bond acceptors (Lipinski definition) is 9. The van der Waals surface area contributed by atoms with Gasteiger partial charge in [-0.05, 0) is 67.6 Å². The Balaban J connectivity index is 0.00000226. The molecule has 11 heteroatoms. The third kappa shape index (κ3) is 7.91. The Bertz CT molecular complexity index is 1750. The van der Waals surface area contributed by atoms with E-state index in [2.05, 4.69) is 39.8 Å². The van der Waals surface area contributed by atoms with E-state index in [0.29, 0.717) is 42.7 Å². The molecule has 2 aromatic carbocycles. The van der Waals surface area contributed by atoms with E-state index in [9.17, 15) is 15.1 Å². The van der Waals surface area contributed by atoms with Gasteiger partial charge in [0, 0.05) is 35.4 Å². The van der Waals surface area contributed by atoms with Crippen molar-refractivity contribution in [2.45, 2.75) is 78.9 Å². The number of carboxylic acid groups (broad SMARTS) is 1. The average Bonchev–Trinajstić information content (AvgIpc) is 3.55. The summed E-state index contributed by atoms with van der Waals surface area (Å²) in [6, 6.07) is 17.8. The Morgan fingerprint density at radius 3 is 2.51 bits per heavy atom. The highest BCUT2D eigenvalue weighted by molar-refractivity contribution is 8.00. The topological polar surface area (TPSA) is 127 Å². The van der Waals surface area contributed by atoms with Gasteiger partial charge in [0.1, 0.15) is 17.1 Å². The van der Waals surface area contributed by atoms with Crippen molar-refractivity contribution in [1.29, 1.82) is 0 Å². The standard InChI is InChI=1S/C32H35N5O5S.C2H6/c1-5-9-29-34-27-15-13-24(17-30(38)39)33-32(27)36(29)18-22-12-14-25(23(16-22)19-41-6-2)26-10-7-8-11-28(26)43-37(40)31-20(3)21(4)42-35-31;1-2/h7-8,10-16,40H,5-6,9,17-19H2,1-4H3,(H,38,39);1-2H3. The molecule has 3 heterocycles. The maximum absolute atomic E-state index is 11.3. The molecular formula is C34H41N5O5S. The Kier molecular flexibility index (Phi) is 11.8. The highest BCUT2D eigenvalue weighted by Crippen LogP contribution is 2.38. The van der Waals surface area contributed by atoms with Crippen molar-refractivity contribution in [3.05, 3.63) is 88.6 Å². The molecule has 5 rings (SSSR count). The first-order chi connectivity index (χ1) is 21.8. The molecule has 10 nitrogen and oxygen atoms in total. The summed E-state index contributed by atoms with van der Waals surface area (Å²) in [5.74, 6) is 1.00. The smallest absolute Gasteiger partial charge is 0.309 e. The minimum atomic E-state index is -0.920. The van der Waals surface area contributed by atoms with Crippen LogP contribution in [-0.4, -0.2) is 42.6 Å². The molecule has 0 radical (unpaired) electrons. The van der Waals surface area contributed by atoms with Gasteiger partial charge in [0.15, 0.2) is 5.65 Å². The number of aliphatic carboxylic acids is 1. The number of hydrogen-bond donors (Lipinski definition) is 2. The summed E-state index contributed by atoms with van der Waals surface area (Å²) in [5.41, 5.74) is 6.70. The third-order valence-electron chi connectivity index (χ3n) is 7.18. The number of aromatic nitrogens is 4. The lowest BCUT2D eigenvalue weighted by Gasteiger charge is -2.18. The van der Waals surface area contributed by atoms with E-state index in [1.165, 1.54) is 0 Å². The van der Waals surface area contributed by atoms with E-state index in [1.54, 1.807) is 6.07 Å². The first kappa shape index (κ1) is 33.7. The Labute approximate surface area is 268 Å². The Hall–Kier alpha value is -4.19. The minimum Gasteiger partial charge on any atom is -0.481 e. The SMILES string of the molecule is CC.CCCc1nc2ccc(CC(=O)O)nc2n1Cc1ccc(-c2ccccc2SN(O)c2noc(C)c2C)c(COCC)c1. The molecule has 0 spiro atoms. The molecule has 0 aliphatic heterocycles. The third-order valence-corrected chi connectivity index (χ3v) is 8.08. The van der Waals surface area contributed by atoms with Gasteiger partial charge in [0.05, 0.1) is 25.3 Å². The van der Waals surface area contributed by atoms with Gasteiger partial charge in [0.25, 0.3) is 0 Å². The number of aryl methyl sites for hydroxylation is 2. The fourth-order valence-corrected chi connectivity index (χ4v) is 5.79. The second-order valence-electron chi connectivity index (χ2n) is 10.3. The highest BCUT2D eigenvalue weighted by atomic mass is 32.2. The van der Waals surface area contributed by atoms with E-state index in [0.717, 1.165) is 73.3 Å². The second kappa shape index (κ2) is 15.7. The number of imidazole rings is 1. The van der Waals surface area contributed by atoms with E-state index in [4.69, 9.17) is 14.2 Å². The minimum absolute atomic E-state index is 0.143. The molecule has 0 atom stereocenters. The first-order valence-corrected chi connectivity index (χ1v) is 16.0. The fourth-order valence-electron chi connectivity index (χ4n) is 4.93. The number of benzene rings is 2. The van der Waals surface area contributed by atoms with Crippen LogP contribution in [0.4, 0.5) is 5.82 Å². The number of carboxylic acids is 1. The first-order valence-electron chi connectivity index (χ1n) is 15.2. The summed E-state index contributed by atoms with van der Waals surface area (Å²) in [6.07, 6.45) is 1.56. The second-order valence-corrected chi connectivity index (χ2v) is 11.2. The van der Waals surface area contributed by atoms with Gasteiger partial charge in [-0.15, -0.1) is 0 Å². The van der Waals surface area contributed by atoms with E-state index in [-0.39, 0.29) is 6.42 Å². The molecule has 0 aliphatic carbocycles. The van der Waals surface area contributed by atoms with Crippen molar-refractivity contribution in [3.63, 3.8) is 0 Å². The molecular weight excluding hydrogens is 590 g/mol. The lowest BCUT2D eigenvalue weighted by molar-refractivity contribution is -0.136. The predicted molar refractivity (Wildman–Crippen MR) is 177 cm³/mol. The van der Waals surface area contributed by atoms with Crippen molar-refractivity contribution >= 4 is 34.9 Å². The molecule has 0 bridgehead atoms. The molecule has 2 N–H and O–H groups in total. The molecule has 45 heavy (non-hydrogen) atoms. The monoisotopic (exact) mass is 631 g/mol. The van der Waals surface area contributed by atoms with Crippen molar-refractivity contribution in [1.82, 2.24) is 19.7 Å². The summed E-state index contributed by atoms with van der Waals surface area (Å²) in [5, 5.41) is 24.2.